The Morgan fingerprint density at radius 3 is 2.67 bits per heavy atom. The van der Waals surface area contributed by atoms with Crippen molar-refractivity contribution in [3.8, 4) is 0 Å². The van der Waals surface area contributed by atoms with Crippen molar-refractivity contribution in [1.82, 2.24) is 10.3 Å². The smallest absolute Gasteiger partial charge is 0.253 e. The molecule has 1 aromatic heterocycles. The Labute approximate surface area is 126 Å². The first-order valence-corrected chi connectivity index (χ1v) is 6.44. The van der Waals surface area contributed by atoms with Gasteiger partial charge in [-0.1, -0.05) is 41.0 Å². The van der Waals surface area contributed by atoms with E-state index < -0.39 is 0 Å². The van der Waals surface area contributed by atoms with Crippen molar-refractivity contribution in [3.63, 3.8) is 0 Å². The molecule has 4 N–H and O–H groups in total. The van der Waals surface area contributed by atoms with Crippen LogP contribution in [0, 0.1) is 0 Å². The summed E-state index contributed by atoms with van der Waals surface area (Å²) in [5.41, 5.74) is 7.32. The van der Waals surface area contributed by atoms with Gasteiger partial charge in [-0.3, -0.25) is 9.78 Å². The summed E-state index contributed by atoms with van der Waals surface area (Å²) in [7, 11) is 0. The number of oxime groups is 1. The second-order valence-corrected chi connectivity index (χ2v) is 4.63. The summed E-state index contributed by atoms with van der Waals surface area (Å²) >= 11 is 5.90. The maximum Gasteiger partial charge on any atom is 0.253 e. The molecule has 2 rings (SSSR count). The predicted octanol–water partition coefficient (Wildman–Crippen LogP) is 1.76. The minimum Gasteiger partial charge on any atom is -0.409 e. The van der Waals surface area contributed by atoms with Crippen LogP contribution in [0.3, 0.4) is 0 Å². The summed E-state index contributed by atoms with van der Waals surface area (Å²) in [6, 6.07) is 8.52. The lowest BCUT2D eigenvalue weighted by molar-refractivity contribution is 0.0951. The van der Waals surface area contributed by atoms with Crippen molar-refractivity contribution >= 4 is 23.3 Å². The van der Waals surface area contributed by atoms with Crippen LogP contribution in [0.1, 0.15) is 21.5 Å². The number of nitrogens with one attached hydrogen (secondary N) is 1. The van der Waals surface area contributed by atoms with Crippen LogP contribution in [-0.4, -0.2) is 21.9 Å². The summed E-state index contributed by atoms with van der Waals surface area (Å²) in [5.74, 6) is -0.239. The molecule has 1 amide bonds. The summed E-state index contributed by atoms with van der Waals surface area (Å²) in [4.78, 5) is 15.8. The van der Waals surface area contributed by atoms with Crippen LogP contribution >= 0.6 is 11.6 Å². The number of nitrogens with zero attached hydrogens (tertiary/aromatic N) is 2. The molecule has 108 valence electrons. The van der Waals surface area contributed by atoms with Crippen LogP contribution in [0.2, 0.25) is 5.02 Å². The van der Waals surface area contributed by atoms with Crippen molar-refractivity contribution in [2.24, 2.45) is 10.9 Å². The lowest BCUT2D eigenvalue weighted by Gasteiger charge is -2.07. The molecule has 0 unspecified atom stereocenters. The van der Waals surface area contributed by atoms with Crippen molar-refractivity contribution in [3.05, 3.63) is 64.4 Å². The van der Waals surface area contributed by atoms with E-state index in [0.717, 1.165) is 5.56 Å². The first-order valence-electron chi connectivity index (χ1n) is 6.06. The fraction of sp³-hybridized carbons (Fsp3) is 0.0714. The zero-order valence-corrected chi connectivity index (χ0v) is 11.7. The monoisotopic (exact) mass is 304 g/mol. The highest BCUT2D eigenvalue weighted by atomic mass is 35.5. The fourth-order valence-corrected chi connectivity index (χ4v) is 1.89. The normalized spacial score (nSPS) is 11.2. The van der Waals surface area contributed by atoms with E-state index in [9.17, 15) is 4.79 Å². The molecule has 1 aromatic carbocycles. The minimum atomic E-state index is -0.275. The first-order chi connectivity index (χ1) is 10.1. The van der Waals surface area contributed by atoms with Gasteiger partial charge in [-0.15, -0.1) is 0 Å². The minimum absolute atomic E-state index is 0.0363. The van der Waals surface area contributed by atoms with Crippen molar-refractivity contribution in [2.45, 2.75) is 6.54 Å². The van der Waals surface area contributed by atoms with Crippen LogP contribution in [0.4, 0.5) is 0 Å². The average molecular weight is 305 g/mol. The molecular formula is C14H13ClN4O2. The number of aromatic nitrogens is 1. The van der Waals surface area contributed by atoms with Gasteiger partial charge in [0.1, 0.15) is 0 Å². The van der Waals surface area contributed by atoms with Crippen LogP contribution < -0.4 is 11.1 Å². The number of hydrogen-bond donors (Lipinski definition) is 3. The van der Waals surface area contributed by atoms with E-state index in [1.165, 1.54) is 12.4 Å². The van der Waals surface area contributed by atoms with Crippen molar-refractivity contribution < 1.29 is 10.0 Å². The molecule has 0 fully saturated rings. The van der Waals surface area contributed by atoms with Gasteiger partial charge in [0.05, 0.1) is 10.6 Å². The van der Waals surface area contributed by atoms with Gasteiger partial charge < -0.3 is 16.3 Å². The number of benzene rings is 1. The lowest BCUT2D eigenvalue weighted by Crippen LogP contribution is -2.23. The van der Waals surface area contributed by atoms with Crippen molar-refractivity contribution in [1.29, 1.82) is 0 Å². The molecule has 0 aliphatic heterocycles. The molecule has 0 saturated heterocycles. The summed E-state index contributed by atoms with van der Waals surface area (Å²) in [6.45, 7) is 0.341. The van der Waals surface area contributed by atoms with Gasteiger partial charge in [0.15, 0.2) is 5.84 Å². The van der Waals surface area contributed by atoms with E-state index in [1.54, 1.807) is 30.3 Å². The highest BCUT2D eigenvalue weighted by molar-refractivity contribution is 6.33. The molecule has 0 saturated carbocycles. The zero-order chi connectivity index (χ0) is 15.2. The Morgan fingerprint density at radius 2 is 2.05 bits per heavy atom. The van der Waals surface area contributed by atoms with E-state index in [1.807, 2.05) is 0 Å². The van der Waals surface area contributed by atoms with Crippen LogP contribution in [0.5, 0.6) is 0 Å². The Bertz CT molecular complexity index is 671. The quantitative estimate of drug-likeness (QED) is 0.347. The third-order valence-electron chi connectivity index (χ3n) is 2.83. The molecule has 6 nitrogen and oxygen atoms in total. The first kappa shape index (κ1) is 14.8. The molecule has 0 radical (unpaired) electrons. The maximum atomic E-state index is 12.0. The Hall–Kier alpha value is -2.60. The lowest BCUT2D eigenvalue weighted by atomic mass is 10.1. The molecule has 2 aromatic rings. The molecule has 0 atom stereocenters. The molecule has 0 bridgehead atoms. The largest absolute Gasteiger partial charge is 0.409 e. The molecule has 0 aliphatic carbocycles. The summed E-state index contributed by atoms with van der Waals surface area (Å²) in [5, 5.41) is 14.5. The molecule has 0 spiro atoms. The number of carbonyl (C=O) groups is 1. The van der Waals surface area contributed by atoms with Gasteiger partial charge >= 0.3 is 0 Å². The topological polar surface area (TPSA) is 101 Å². The Balaban J connectivity index is 2.00. The number of rotatable bonds is 4. The van der Waals surface area contributed by atoms with E-state index in [-0.39, 0.29) is 11.7 Å². The van der Waals surface area contributed by atoms with Gasteiger partial charge in [0.2, 0.25) is 0 Å². The Morgan fingerprint density at radius 1 is 1.33 bits per heavy atom. The van der Waals surface area contributed by atoms with Gasteiger partial charge in [-0.2, -0.15) is 0 Å². The van der Waals surface area contributed by atoms with Gasteiger partial charge in [0, 0.05) is 24.5 Å². The molecule has 0 aliphatic rings. The average Bonchev–Trinajstić information content (AvgIpc) is 2.52. The van der Waals surface area contributed by atoms with Crippen molar-refractivity contribution in [2.75, 3.05) is 0 Å². The molecular weight excluding hydrogens is 292 g/mol. The SMILES string of the molecule is NC(=NO)c1ccc(CNC(=O)c2ccncc2Cl)cc1. The zero-order valence-electron chi connectivity index (χ0n) is 11.0. The highest BCUT2D eigenvalue weighted by Crippen LogP contribution is 2.13. The molecule has 1 heterocycles. The number of halogens is 1. The number of hydrogen-bond acceptors (Lipinski definition) is 4. The standard InChI is InChI=1S/C14H13ClN4O2/c15-12-8-17-6-5-11(12)14(20)18-7-9-1-3-10(4-2-9)13(16)19-21/h1-6,8,21H,7H2,(H2,16,19)(H,18,20). The third-order valence-corrected chi connectivity index (χ3v) is 3.13. The summed E-state index contributed by atoms with van der Waals surface area (Å²) < 4.78 is 0. The number of pyridine rings is 1. The second-order valence-electron chi connectivity index (χ2n) is 4.22. The van der Waals surface area contributed by atoms with Gasteiger partial charge in [-0.25, -0.2) is 0 Å². The third kappa shape index (κ3) is 3.70. The number of amidine groups is 1. The molecule has 7 heteroatoms. The van der Waals surface area contributed by atoms with E-state index in [2.05, 4.69) is 15.5 Å². The van der Waals surface area contributed by atoms with E-state index in [0.29, 0.717) is 22.7 Å². The molecule has 21 heavy (non-hydrogen) atoms. The van der Waals surface area contributed by atoms with Gasteiger partial charge in [0.25, 0.3) is 5.91 Å². The number of carbonyl (C=O) groups excluding carboxylic acids is 1. The fourth-order valence-electron chi connectivity index (χ4n) is 1.69. The highest BCUT2D eigenvalue weighted by Gasteiger charge is 2.09. The van der Waals surface area contributed by atoms with Crippen LogP contribution in [0.15, 0.2) is 47.9 Å². The second kappa shape index (κ2) is 6.71. The van der Waals surface area contributed by atoms with Crippen LogP contribution in [0.25, 0.3) is 0 Å². The van der Waals surface area contributed by atoms with Crippen LogP contribution in [-0.2, 0) is 6.54 Å². The number of amides is 1. The van der Waals surface area contributed by atoms with E-state index in [4.69, 9.17) is 22.5 Å². The number of nitrogens with two attached hydrogens (primary N) is 1. The Kier molecular flexibility index (Phi) is 4.73. The predicted molar refractivity (Wildman–Crippen MR) is 79.4 cm³/mol. The van der Waals surface area contributed by atoms with Gasteiger partial charge in [-0.05, 0) is 11.6 Å². The summed E-state index contributed by atoms with van der Waals surface area (Å²) in [6.07, 6.45) is 2.93. The maximum absolute atomic E-state index is 12.0. The van der Waals surface area contributed by atoms with E-state index >= 15 is 0 Å².